The number of carbonyl (C=O) groups excluding carboxylic acids is 3. The second-order valence-electron chi connectivity index (χ2n) is 10.9. The fourth-order valence-corrected chi connectivity index (χ4v) is 5.22. The number of fused-ring (bicyclic) bond motifs is 1. The summed E-state index contributed by atoms with van der Waals surface area (Å²) >= 11 is 0. The molecule has 0 aromatic heterocycles. The van der Waals surface area contributed by atoms with E-state index in [1.807, 2.05) is 25.1 Å². The van der Waals surface area contributed by atoms with E-state index in [9.17, 15) is 19.5 Å². The summed E-state index contributed by atoms with van der Waals surface area (Å²) in [4.78, 5) is 42.5. The maximum absolute atomic E-state index is 13.7. The second kappa shape index (κ2) is 13.5. The summed E-state index contributed by atoms with van der Waals surface area (Å²) in [6.45, 7) is 4.25. The Hall–Kier alpha value is -3.79. The number of likely N-dealkylation sites (N-methyl/N-ethyl adjacent to an activating group) is 1. The van der Waals surface area contributed by atoms with E-state index in [0.717, 1.165) is 25.7 Å². The summed E-state index contributed by atoms with van der Waals surface area (Å²) in [7, 11) is 1.76. The first-order valence-electron chi connectivity index (χ1n) is 14.1. The normalized spacial score (nSPS) is 20.3. The number of amides is 5. The van der Waals surface area contributed by atoms with Crippen molar-refractivity contribution in [2.24, 2.45) is 5.92 Å². The van der Waals surface area contributed by atoms with Gasteiger partial charge < -0.3 is 35.6 Å². The molecule has 4 rings (SSSR count). The van der Waals surface area contributed by atoms with E-state index in [2.05, 4.69) is 16.0 Å². The third kappa shape index (κ3) is 7.44. The number of carbonyl (C=O) groups is 3. The van der Waals surface area contributed by atoms with Crippen LogP contribution in [0.2, 0.25) is 0 Å². The molecule has 4 N–H and O–H groups in total. The van der Waals surface area contributed by atoms with Crippen molar-refractivity contribution in [3.8, 4) is 5.75 Å². The van der Waals surface area contributed by atoms with Gasteiger partial charge in [0.15, 0.2) is 0 Å². The Kier molecular flexibility index (Phi) is 9.87. The quantitative estimate of drug-likeness (QED) is 0.403. The van der Waals surface area contributed by atoms with Crippen LogP contribution in [0.5, 0.6) is 5.75 Å². The number of benzene rings is 2. The molecule has 10 heteroatoms. The average molecular weight is 552 g/mol. The van der Waals surface area contributed by atoms with Crippen molar-refractivity contribution in [1.82, 2.24) is 15.1 Å². The van der Waals surface area contributed by atoms with E-state index in [1.165, 1.54) is 6.42 Å². The highest BCUT2D eigenvalue weighted by Gasteiger charge is 2.34. The minimum atomic E-state index is -0.442. The molecule has 0 unspecified atom stereocenters. The van der Waals surface area contributed by atoms with Crippen LogP contribution >= 0.6 is 0 Å². The Morgan fingerprint density at radius 2 is 1.77 bits per heavy atom. The summed E-state index contributed by atoms with van der Waals surface area (Å²) in [5, 5.41) is 18.6. The molecule has 0 radical (unpaired) electrons. The molecule has 3 atom stereocenters. The number of aliphatic hydroxyl groups excluding tert-OH is 1. The number of hydrogen-bond donors (Lipinski definition) is 4. The number of anilines is 2. The lowest BCUT2D eigenvalue weighted by Gasteiger charge is -2.38. The zero-order chi connectivity index (χ0) is 28.6. The third-order valence-corrected chi connectivity index (χ3v) is 7.69. The molecule has 1 aliphatic heterocycles. The lowest BCUT2D eigenvalue weighted by molar-refractivity contribution is 0.0366. The van der Waals surface area contributed by atoms with E-state index in [1.54, 1.807) is 54.1 Å². The van der Waals surface area contributed by atoms with Gasteiger partial charge in [-0.05, 0) is 50.1 Å². The van der Waals surface area contributed by atoms with E-state index < -0.39 is 18.2 Å². The molecule has 1 aliphatic carbocycles. The molecule has 2 aromatic carbocycles. The Morgan fingerprint density at radius 1 is 1.07 bits per heavy atom. The van der Waals surface area contributed by atoms with E-state index in [0.29, 0.717) is 30.2 Å². The van der Waals surface area contributed by atoms with Crippen LogP contribution in [0.25, 0.3) is 0 Å². The molecule has 2 aromatic rings. The molecule has 1 heterocycles. The number of nitrogens with one attached hydrogen (secondary N) is 3. The first kappa shape index (κ1) is 29.2. The average Bonchev–Trinajstić information content (AvgIpc) is 2.95. The molecule has 10 nitrogen and oxygen atoms in total. The zero-order valence-corrected chi connectivity index (χ0v) is 23.6. The number of nitrogens with zero attached hydrogens (tertiary/aromatic N) is 2. The lowest BCUT2D eigenvalue weighted by atomic mass is 9.96. The molecule has 0 spiro atoms. The molecular formula is C30H41N5O5. The molecule has 1 fully saturated rings. The predicted molar refractivity (Wildman–Crippen MR) is 155 cm³/mol. The highest BCUT2D eigenvalue weighted by atomic mass is 16.5. The Balaban J connectivity index is 1.53. The van der Waals surface area contributed by atoms with Crippen LogP contribution in [0.4, 0.5) is 21.0 Å². The molecule has 216 valence electrons. The molecule has 1 saturated carbocycles. The van der Waals surface area contributed by atoms with Gasteiger partial charge in [0.2, 0.25) is 0 Å². The van der Waals surface area contributed by atoms with Crippen LogP contribution in [-0.4, -0.2) is 77.8 Å². The van der Waals surface area contributed by atoms with Gasteiger partial charge in [-0.1, -0.05) is 44.4 Å². The van der Waals surface area contributed by atoms with E-state index >= 15 is 0 Å². The van der Waals surface area contributed by atoms with Gasteiger partial charge in [-0.3, -0.25) is 4.79 Å². The Labute approximate surface area is 236 Å². The van der Waals surface area contributed by atoms with Gasteiger partial charge in [-0.15, -0.1) is 0 Å². The first-order chi connectivity index (χ1) is 19.2. The standard InChI is InChI=1S/C30H41N5O5/c1-20-17-35(21(2)19-36)28(37)25-16-24(32-29(38)31-22-10-6-4-7-11-22)14-15-26(25)40-27(20)18-34(3)30(39)33-23-12-8-5-9-13-23/h4,6-7,10-11,14-16,20-21,23,27,36H,5,8-9,12-13,17-19H2,1-3H3,(H,33,39)(H2,31,32,38)/t20-,21+,27+/m0/s1. The topological polar surface area (TPSA) is 123 Å². The molecular weight excluding hydrogens is 510 g/mol. The zero-order valence-electron chi connectivity index (χ0n) is 23.6. The van der Waals surface area contributed by atoms with Crippen LogP contribution in [0.3, 0.4) is 0 Å². The summed E-state index contributed by atoms with van der Waals surface area (Å²) in [6.07, 6.45) is 5.07. The molecule has 2 aliphatic rings. The lowest BCUT2D eigenvalue weighted by Crippen LogP contribution is -2.52. The number of hydrogen-bond acceptors (Lipinski definition) is 5. The Bertz CT molecular complexity index is 1170. The van der Waals surface area contributed by atoms with Crippen molar-refractivity contribution in [3.05, 3.63) is 54.1 Å². The smallest absolute Gasteiger partial charge is 0.323 e. The monoisotopic (exact) mass is 551 g/mol. The van der Waals surface area contributed by atoms with Crippen LogP contribution < -0.4 is 20.7 Å². The van der Waals surface area contributed by atoms with Gasteiger partial charge >= 0.3 is 12.1 Å². The summed E-state index contributed by atoms with van der Waals surface area (Å²) < 4.78 is 6.39. The molecule has 5 amide bonds. The van der Waals surface area contributed by atoms with Crippen molar-refractivity contribution >= 4 is 29.3 Å². The summed E-state index contributed by atoms with van der Waals surface area (Å²) in [5.41, 5.74) is 1.35. The number of urea groups is 2. The minimum absolute atomic E-state index is 0.120. The largest absolute Gasteiger partial charge is 0.487 e. The minimum Gasteiger partial charge on any atom is -0.487 e. The van der Waals surface area contributed by atoms with E-state index in [-0.39, 0.29) is 36.1 Å². The Morgan fingerprint density at radius 3 is 2.48 bits per heavy atom. The summed E-state index contributed by atoms with van der Waals surface area (Å²) in [5.74, 6) is -0.0466. The van der Waals surface area contributed by atoms with Crippen LogP contribution in [0.15, 0.2) is 48.5 Å². The SMILES string of the molecule is C[C@H](CO)N1C[C@H](C)[C@@H](CN(C)C(=O)NC2CCCCC2)Oc2ccc(NC(=O)Nc3ccccc3)cc2C1=O. The van der Waals surface area contributed by atoms with Crippen molar-refractivity contribution < 1.29 is 24.2 Å². The number of ether oxygens (including phenoxy) is 1. The molecule has 0 bridgehead atoms. The fourth-order valence-electron chi connectivity index (χ4n) is 5.22. The van der Waals surface area contributed by atoms with Gasteiger partial charge in [-0.2, -0.15) is 0 Å². The fraction of sp³-hybridized carbons (Fsp3) is 0.500. The highest BCUT2D eigenvalue weighted by molar-refractivity contribution is 6.02. The number of para-hydroxylation sites is 1. The number of rotatable bonds is 7. The van der Waals surface area contributed by atoms with Crippen molar-refractivity contribution in [1.29, 1.82) is 0 Å². The van der Waals surface area contributed by atoms with Crippen molar-refractivity contribution in [3.63, 3.8) is 0 Å². The molecule has 0 saturated heterocycles. The van der Waals surface area contributed by atoms with Gasteiger partial charge in [0.1, 0.15) is 11.9 Å². The maximum atomic E-state index is 13.7. The third-order valence-electron chi connectivity index (χ3n) is 7.69. The maximum Gasteiger partial charge on any atom is 0.323 e. The van der Waals surface area contributed by atoms with Gasteiger partial charge in [0.05, 0.1) is 24.8 Å². The highest BCUT2D eigenvalue weighted by Crippen LogP contribution is 2.31. The number of aliphatic hydroxyl groups is 1. The van der Waals surface area contributed by atoms with Crippen LogP contribution in [-0.2, 0) is 0 Å². The summed E-state index contributed by atoms with van der Waals surface area (Å²) in [6, 6.07) is 13.2. The molecule has 40 heavy (non-hydrogen) atoms. The van der Waals surface area contributed by atoms with Gasteiger partial charge in [0, 0.05) is 36.9 Å². The van der Waals surface area contributed by atoms with Crippen LogP contribution in [0, 0.1) is 5.92 Å². The van der Waals surface area contributed by atoms with Crippen molar-refractivity contribution in [2.45, 2.75) is 64.1 Å². The predicted octanol–water partition coefficient (Wildman–Crippen LogP) is 4.52. The van der Waals surface area contributed by atoms with Crippen LogP contribution in [0.1, 0.15) is 56.3 Å². The first-order valence-corrected chi connectivity index (χ1v) is 14.1. The second-order valence-corrected chi connectivity index (χ2v) is 10.9. The van der Waals surface area contributed by atoms with E-state index in [4.69, 9.17) is 4.74 Å². The van der Waals surface area contributed by atoms with Gasteiger partial charge in [0.25, 0.3) is 5.91 Å². The van der Waals surface area contributed by atoms with Gasteiger partial charge in [-0.25, -0.2) is 9.59 Å². The van der Waals surface area contributed by atoms with Crippen molar-refractivity contribution in [2.75, 3.05) is 37.4 Å².